The highest BCUT2D eigenvalue weighted by Gasteiger charge is 2.55. The first-order valence-electron chi connectivity index (χ1n) is 9.18. The van der Waals surface area contributed by atoms with Crippen molar-refractivity contribution < 1.29 is 4.74 Å². The Hall–Kier alpha value is -0.0800. The molecule has 0 heterocycles. The summed E-state index contributed by atoms with van der Waals surface area (Å²) in [6.07, 6.45) is 15.6. The van der Waals surface area contributed by atoms with Gasteiger partial charge in [-0.05, 0) is 32.2 Å². The molecule has 0 radical (unpaired) electrons. The predicted octanol–water partition coefficient (Wildman–Crippen LogP) is 4.67. The first-order chi connectivity index (χ1) is 9.83. The van der Waals surface area contributed by atoms with Crippen molar-refractivity contribution in [1.82, 2.24) is 5.32 Å². The molecule has 2 atom stereocenters. The molecule has 0 saturated heterocycles. The standard InChI is InChI=1S/C18H35NO/c1-3-5-6-7-11-14-20-17-15-16(19-4-2)18(17)12-9-8-10-13-18/h16-17,19H,3-15H2,1-2H3. The molecule has 1 N–H and O–H groups in total. The molecule has 2 saturated carbocycles. The SMILES string of the molecule is CCCCCCCOC1CC(NCC)C12CCCCC2. The fraction of sp³-hybridized carbons (Fsp3) is 1.00. The third kappa shape index (κ3) is 3.76. The van der Waals surface area contributed by atoms with Gasteiger partial charge in [0.15, 0.2) is 0 Å². The summed E-state index contributed by atoms with van der Waals surface area (Å²) in [5.74, 6) is 0. The van der Waals surface area contributed by atoms with Gasteiger partial charge in [-0.25, -0.2) is 0 Å². The predicted molar refractivity (Wildman–Crippen MR) is 86.1 cm³/mol. The summed E-state index contributed by atoms with van der Waals surface area (Å²) in [6, 6.07) is 0.734. The van der Waals surface area contributed by atoms with Crippen LogP contribution < -0.4 is 5.32 Å². The van der Waals surface area contributed by atoms with E-state index in [1.165, 1.54) is 70.6 Å². The van der Waals surface area contributed by atoms with Crippen LogP contribution in [0.25, 0.3) is 0 Å². The molecule has 0 bridgehead atoms. The molecule has 2 heteroatoms. The van der Waals surface area contributed by atoms with E-state index in [0.29, 0.717) is 11.5 Å². The van der Waals surface area contributed by atoms with Gasteiger partial charge >= 0.3 is 0 Å². The molecular weight excluding hydrogens is 246 g/mol. The second-order valence-electron chi connectivity index (χ2n) is 6.91. The van der Waals surface area contributed by atoms with Crippen LogP contribution in [0.4, 0.5) is 0 Å². The van der Waals surface area contributed by atoms with Crippen LogP contribution in [0.15, 0.2) is 0 Å². The summed E-state index contributed by atoms with van der Waals surface area (Å²) in [7, 11) is 0. The molecule has 1 spiro atoms. The average Bonchev–Trinajstić information content (AvgIpc) is 2.49. The number of hydrogen-bond acceptors (Lipinski definition) is 2. The summed E-state index contributed by atoms with van der Waals surface area (Å²) in [4.78, 5) is 0. The Kier molecular flexibility index (Phi) is 6.83. The lowest BCUT2D eigenvalue weighted by molar-refractivity contribution is -0.152. The van der Waals surface area contributed by atoms with Gasteiger partial charge in [-0.3, -0.25) is 0 Å². The molecule has 0 aromatic heterocycles. The molecule has 0 aliphatic heterocycles. The summed E-state index contributed by atoms with van der Waals surface area (Å²) in [6.45, 7) is 6.61. The largest absolute Gasteiger partial charge is 0.378 e. The summed E-state index contributed by atoms with van der Waals surface area (Å²) < 4.78 is 6.29. The van der Waals surface area contributed by atoms with Gasteiger partial charge < -0.3 is 10.1 Å². The molecule has 20 heavy (non-hydrogen) atoms. The highest BCUT2D eigenvalue weighted by Crippen LogP contribution is 2.53. The minimum absolute atomic E-state index is 0.498. The van der Waals surface area contributed by atoms with E-state index in [9.17, 15) is 0 Å². The summed E-state index contributed by atoms with van der Waals surface area (Å²) in [5.41, 5.74) is 0.498. The molecule has 2 nitrogen and oxygen atoms in total. The van der Waals surface area contributed by atoms with Crippen LogP contribution in [-0.2, 0) is 4.74 Å². The third-order valence-corrected chi connectivity index (χ3v) is 5.59. The van der Waals surface area contributed by atoms with Crippen LogP contribution in [0.1, 0.15) is 84.5 Å². The van der Waals surface area contributed by atoms with Crippen molar-refractivity contribution in [1.29, 1.82) is 0 Å². The molecule has 118 valence electrons. The van der Waals surface area contributed by atoms with Crippen molar-refractivity contribution in [2.24, 2.45) is 5.41 Å². The fourth-order valence-electron chi connectivity index (χ4n) is 4.33. The van der Waals surface area contributed by atoms with E-state index in [1.807, 2.05) is 0 Å². The molecule has 2 aliphatic carbocycles. The van der Waals surface area contributed by atoms with Crippen LogP contribution >= 0.6 is 0 Å². The molecule has 0 aromatic carbocycles. The van der Waals surface area contributed by atoms with Crippen LogP contribution in [0.5, 0.6) is 0 Å². The minimum atomic E-state index is 0.498. The maximum absolute atomic E-state index is 6.29. The van der Waals surface area contributed by atoms with E-state index in [-0.39, 0.29) is 0 Å². The molecule has 2 fully saturated rings. The number of hydrogen-bond donors (Lipinski definition) is 1. The van der Waals surface area contributed by atoms with Gasteiger partial charge in [-0.2, -0.15) is 0 Å². The second kappa shape index (κ2) is 8.38. The van der Waals surface area contributed by atoms with E-state index in [4.69, 9.17) is 4.74 Å². The second-order valence-corrected chi connectivity index (χ2v) is 6.91. The zero-order chi connectivity index (χ0) is 14.3. The Labute approximate surface area is 126 Å². The van der Waals surface area contributed by atoms with Crippen LogP contribution in [-0.4, -0.2) is 25.3 Å². The van der Waals surface area contributed by atoms with Gasteiger partial charge in [0.1, 0.15) is 0 Å². The Morgan fingerprint density at radius 3 is 2.45 bits per heavy atom. The van der Waals surface area contributed by atoms with E-state index in [1.54, 1.807) is 0 Å². The number of nitrogens with one attached hydrogen (secondary N) is 1. The van der Waals surface area contributed by atoms with Gasteiger partial charge in [0.25, 0.3) is 0 Å². The Morgan fingerprint density at radius 1 is 1.00 bits per heavy atom. The minimum Gasteiger partial charge on any atom is -0.378 e. The Bertz CT molecular complexity index is 260. The highest BCUT2D eigenvalue weighted by atomic mass is 16.5. The van der Waals surface area contributed by atoms with Crippen LogP contribution in [0.3, 0.4) is 0 Å². The fourth-order valence-corrected chi connectivity index (χ4v) is 4.33. The Morgan fingerprint density at radius 2 is 1.75 bits per heavy atom. The molecule has 2 aliphatic rings. The monoisotopic (exact) mass is 281 g/mol. The summed E-state index contributed by atoms with van der Waals surface area (Å²) in [5, 5.41) is 3.71. The highest BCUT2D eigenvalue weighted by molar-refractivity contribution is 5.08. The van der Waals surface area contributed by atoms with Crippen molar-refractivity contribution in [3.8, 4) is 0 Å². The Balaban J connectivity index is 1.71. The van der Waals surface area contributed by atoms with Crippen molar-refractivity contribution >= 4 is 0 Å². The number of rotatable bonds is 9. The maximum Gasteiger partial charge on any atom is 0.0661 e. The first-order valence-corrected chi connectivity index (χ1v) is 9.18. The van der Waals surface area contributed by atoms with Crippen LogP contribution in [0, 0.1) is 5.41 Å². The zero-order valence-electron chi connectivity index (χ0n) is 13.8. The smallest absolute Gasteiger partial charge is 0.0661 e. The van der Waals surface area contributed by atoms with Gasteiger partial charge in [0.2, 0.25) is 0 Å². The normalized spacial score (nSPS) is 28.5. The first kappa shape index (κ1) is 16.3. The lowest BCUT2D eigenvalue weighted by atomic mass is 9.55. The van der Waals surface area contributed by atoms with Gasteiger partial charge in [0, 0.05) is 18.1 Å². The van der Waals surface area contributed by atoms with E-state index in [0.717, 1.165) is 19.2 Å². The van der Waals surface area contributed by atoms with Crippen LogP contribution in [0.2, 0.25) is 0 Å². The van der Waals surface area contributed by atoms with E-state index < -0.39 is 0 Å². The van der Waals surface area contributed by atoms with Crippen molar-refractivity contribution in [2.75, 3.05) is 13.2 Å². The molecular formula is C18H35NO. The molecule has 0 amide bonds. The number of ether oxygens (including phenoxy) is 1. The van der Waals surface area contributed by atoms with Gasteiger partial charge in [-0.15, -0.1) is 0 Å². The van der Waals surface area contributed by atoms with E-state index >= 15 is 0 Å². The van der Waals surface area contributed by atoms with Gasteiger partial charge in [0.05, 0.1) is 6.10 Å². The quantitative estimate of drug-likeness (QED) is 0.620. The van der Waals surface area contributed by atoms with Gasteiger partial charge in [-0.1, -0.05) is 58.8 Å². The molecule has 2 rings (SSSR count). The average molecular weight is 281 g/mol. The van der Waals surface area contributed by atoms with Crippen molar-refractivity contribution in [3.05, 3.63) is 0 Å². The topological polar surface area (TPSA) is 21.3 Å². The zero-order valence-corrected chi connectivity index (χ0v) is 13.8. The molecule has 2 unspecified atom stereocenters. The lowest BCUT2D eigenvalue weighted by Crippen LogP contribution is -2.64. The summed E-state index contributed by atoms with van der Waals surface area (Å²) >= 11 is 0. The number of unbranched alkanes of at least 4 members (excludes halogenated alkanes) is 4. The molecule has 0 aromatic rings. The van der Waals surface area contributed by atoms with Crippen molar-refractivity contribution in [3.63, 3.8) is 0 Å². The van der Waals surface area contributed by atoms with E-state index in [2.05, 4.69) is 19.2 Å². The lowest BCUT2D eigenvalue weighted by Gasteiger charge is -2.58. The van der Waals surface area contributed by atoms with Crippen molar-refractivity contribution in [2.45, 2.75) is 96.6 Å². The third-order valence-electron chi connectivity index (χ3n) is 5.59. The maximum atomic E-state index is 6.29.